The Morgan fingerprint density at radius 3 is 2.81 bits per heavy atom. The molecular weight excluding hydrogens is 465 g/mol. The number of nitrogens with zero attached hydrogens (tertiary/aromatic N) is 3. The summed E-state index contributed by atoms with van der Waals surface area (Å²) in [4.78, 5) is 17.8. The van der Waals surface area contributed by atoms with Crippen LogP contribution in [0.5, 0.6) is 0 Å². The van der Waals surface area contributed by atoms with Gasteiger partial charge in [-0.25, -0.2) is 9.37 Å². The molecule has 8 nitrogen and oxygen atoms in total. The molecule has 0 spiro atoms. The number of halogens is 2. The highest BCUT2D eigenvalue weighted by Gasteiger charge is 2.41. The minimum atomic E-state index is -3.89. The summed E-state index contributed by atoms with van der Waals surface area (Å²) >= 11 is 7.18. The summed E-state index contributed by atoms with van der Waals surface area (Å²) in [5.41, 5.74) is 2.10. The molecule has 1 aliphatic rings. The lowest BCUT2D eigenvalue weighted by Crippen LogP contribution is -2.55. The zero-order chi connectivity index (χ0) is 22.3. The van der Waals surface area contributed by atoms with Crippen molar-refractivity contribution < 1.29 is 17.6 Å². The van der Waals surface area contributed by atoms with Gasteiger partial charge in [0.15, 0.2) is 0 Å². The molecule has 0 bridgehead atoms. The van der Waals surface area contributed by atoms with Crippen LogP contribution in [-0.2, 0) is 22.1 Å². The van der Waals surface area contributed by atoms with E-state index in [1.54, 1.807) is 12.5 Å². The van der Waals surface area contributed by atoms with Crippen molar-refractivity contribution >= 4 is 44.7 Å². The number of thiophene rings is 1. The fourth-order valence-electron chi connectivity index (χ4n) is 3.40. The van der Waals surface area contributed by atoms with Gasteiger partial charge in [0.25, 0.3) is 10.2 Å². The molecule has 4 rings (SSSR count). The van der Waals surface area contributed by atoms with Crippen LogP contribution in [0.25, 0.3) is 11.3 Å². The first-order chi connectivity index (χ1) is 14.7. The van der Waals surface area contributed by atoms with E-state index in [1.807, 2.05) is 23.1 Å². The van der Waals surface area contributed by atoms with Gasteiger partial charge in [-0.2, -0.15) is 17.4 Å². The summed E-state index contributed by atoms with van der Waals surface area (Å²) in [7, 11) is -0.669. The number of imidazole rings is 1. The quantitative estimate of drug-likeness (QED) is 0.595. The van der Waals surface area contributed by atoms with E-state index in [0.717, 1.165) is 26.5 Å². The first-order valence-corrected chi connectivity index (χ1v) is 11.9. The minimum absolute atomic E-state index is 0.136. The molecule has 1 saturated heterocycles. The SMILES string of the molecule is CN1[C@@H](C(=O)Nc2ccc(F)c(Cl)c2)C[C@@H](c2cc(-c3cncn3C)cs2)NS1(=O)=O. The summed E-state index contributed by atoms with van der Waals surface area (Å²) in [5, 5.41) is 4.41. The number of benzene rings is 1. The molecule has 12 heteroatoms. The molecule has 0 radical (unpaired) electrons. The van der Waals surface area contributed by atoms with Crippen molar-refractivity contribution in [1.29, 1.82) is 0 Å². The molecule has 3 heterocycles. The predicted octanol–water partition coefficient (Wildman–Crippen LogP) is 3.16. The first kappa shape index (κ1) is 21.9. The van der Waals surface area contributed by atoms with E-state index in [1.165, 1.54) is 30.5 Å². The number of hydrogen-bond acceptors (Lipinski definition) is 5. The Morgan fingerprint density at radius 1 is 1.35 bits per heavy atom. The van der Waals surface area contributed by atoms with Crippen LogP contribution < -0.4 is 10.0 Å². The average molecular weight is 484 g/mol. The van der Waals surface area contributed by atoms with Gasteiger partial charge in [0.05, 0.1) is 29.3 Å². The van der Waals surface area contributed by atoms with Gasteiger partial charge in [0.1, 0.15) is 11.9 Å². The third-order valence-electron chi connectivity index (χ3n) is 5.13. The number of carbonyl (C=O) groups is 1. The second-order valence-electron chi connectivity index (χ2n) is 7.19. The van der Waals surface area contributed by atoms with Gasteiger partial charge in [-0.15, -0.1) is 11.3 Å². The Balaban J connectivity index is 1.58. The molecule has 1 fully saturated rings. The van der Waals surface area contributed by atoms with E-state index in [9.17, 15) is 17.6 Å². The van der Waals surface area contributed by atoms with E-state index in [0.29, 0.717) is 0 Å². The van der Waals surface area contributed by atoms with E-state index >= 15 is 0 Å². The number of aryl methyl sites for hydroxylation is 1. The van der Waals surface area contributed by atoms with Crippen molar-refractivity contribution in [2.45, 2.75) is 18.5 Å². The number of hydrogen-bond donors (Lipinski definition) is 2. The average Bonchev–Trinajstić information content (AvgIpc) is 3.35. The normalized spacial score (nSPS) is 21.2. The molecule has 2 N–H and O–H groups in total. The maximum Gasteiger partial charge on any atom is 0.280 e. The number of likely N-dealkylation sites (N-methyl/N-ethyl adjacent to an activating group) is 1. The van der Waals surface area contributed by atoms with E-state index in [2.05, 4.69) is 15.0 Å². The van der Waals surface area contributed by atoms with Gasteiger partial charge in [0.2, 0.25) is 5.91 Å². The summed E-state index contributed by atoms with van der Waals surface area (Å²) < 4.78 is 44.2. The van der Waals surface area contributed by atoms with Crippen LogP contribution in [0.4, 0.5) is 10.1 Å². The highest BCUT2D eigenvalue weighted by molar-refractivity contribution is 7.87. The zero-order valence-corrected chi connectivity index (χ0v) is 18.9. The lowest BCUT2D eigenvalue weighted by molar-refractivity contribution is -0.120. The van der Waals surface area contributed by atoms with E-state index in [4.69, 9.17) is 11.6 Å². The monoisotopic (exact) mass is 483 g/mol. The molecule has 1 aliphatic heterocycles. The number of aromatic nitrogens is 2. The number of carbonyl (C=O) groups excluding carboxylic acids is 1. The number of amides is 1. The molecule has 31 heavy (non-hydrogen) atoms. The Morgan fingerprint density at radius 2 is 2.13 bits per heavy atom. The Labute approximate surface area is 187 Å². The maximum absolute atomic E-state index is 13.4. The molecule has 2 aromatic heterocycles. The molecule has 0 aliphatic carbocycles. The van der Waals surface area contributed by atoms with Crippen molar-refractivity contribution in [3.8, 4) is 11.3 Å². The summed E-state index contributed by atoms with van der Waals surface area (Å²) in [5.74, 6) is -1.13. The Kier molecular flexibility index (Phi) is 5.88. The molecule has 0 saturated carbocycles. The third kappa shape index (κ3) is 4.37. The Hall–Kier alpha value is -2.31. The van der Waals surface area contributed by atoms with Gasteiger partial charge in [-0.1, -0.05) is 11.6 Å². The smallest absolute Gasteiger partial charge is 0.280 e. The van der Waals surface area contributed by atoms with Crippen molar-refractivity contribution in [2.75, 3.05) is 12.4 Å². The highest BCUT2D eigenvalue weighted by atomic mass is 35.5. The largest absolute Gasteiger partial charge is 0.334 e. The van der Waals surface area contributed by atoms with Crippen LogP contribution in [0.15, 0.2) is 42.2 Å². The molecule has 164 valence electrons. The van der Waals surface area contributed by atoms with Crippen LogP contribution in [0.1, 0.15) is 17.3 Å². The minimum Gasteiger partial charge on any atom is -0.334 e. The number of rotatable bonds is 4. The van der Waals surface area contributed by atoms with Gasteiger partial charge < -0.3 is 9.88 Å². The molecule has 1 amide bonds. The van der Waals surface area contributed by atoms with Gasteiger partial charge in [-0.05, 0) is 30.7 Å². The van der Waals surface area contributed by atoms with Crippen LogP contribution in [0, 0.1) is 5.82 Å². The molecule has 0 unspecified atom stereocenters. The third-order valence-corrected chi connectivity index (χ3v) is 8.06. The number of nitrogens with one attached hydrogen (secondary N) is 2. The van der Waals surface area contributed by atoms with Crippen LogP contribution >= 0.6 is 22.9 Å². The van der Waals surface area contributed by atoms with Crippen molar-refractivity contribution in [2.24, 2.45) is 7.05 Å². The highest BCUT2D eigenvalue weighted by Crippen LogP contribution is 2.35. The van der Waals surface area contributed by atoms with Crippen molar-refractivity contribution in [1.82, 2.24) is 18.6 Å². The van der Waals surface area contributed by atoms with Crippen LogP contribution in [0.2, 0.25) is 5.02 Å². The maximum atomic E-state index is 13.4. The van der Waals surface area contributed by atoms with E-state index in [-0.39, 0.29) is 17.1 Å². The molecule has 1 aromatic carbocycles. The van der Waals surface area contributed by atoms with Gasteiger partial charge in [0, 0.05) is 35.6 Å². The lowest BCUT2D eigenvalue weighted by atomic mass is 10.0. The summed E-state index contributed by atoms with van der Waals surface area (Å²) in [6, 6.07) is 4.15. The molecule has 3 aromatic rings. The predicted molar refractivity (Wildman–Crippen MR) is 118 cm³/mol. The van der Waals surface area contributed by atoms with Crippen molar-refractivity contribution in [3.63, 3.8) is 0 Å². The lowest BCUT2D eigenvalue weighted by Gasteiger charge is -2.35. The second-order valence-corrected chi connectivity index (χ2v) is 10.3. The van der Waals surface area contributed by atoms with Crippen LogP contribution in [0.3, 0.4) is 0 Å². The van der Waals surface area contributed by atoms with Crippen LogP contribution in [-0.4, -0.2) is 41.3 Å². The van der Waals surface area contributed by atoms with Gasteiger partial charge >= 0.3 is 0 Å². The standard InChI is InChI=1S/C19H19ClFN5O3S2/c1-25-10-22-8-17(25)11-5-18(30-9-11)15-7-16(26(2)31(28,29)24-15)19(27)23-12-3-4-14(21)13(20)6-12/h3-6,8-10,15-16,24H,7H2,1-2H3,(H,23,27)/t15-,16+/m0/s1. The molecular formula is C19H19ClFN5O3S2. The number of anilines is 1. The first-order valence-electron chi connectivity index (χ1n) is 9.22. The van der Waals surface area contributed by atoms with Gasteiger partial charge in [-0.3, -0.25) is 4.79 Å². The fourth-order valence-corrected chi connectivity index (χ4v) is 5.89. The summed E-state index contributed by atoms with van der Waals surface area (Å²) in [6.07, 6.45) is 3.64. The summed E-state index contributed by atoms with van der Waals surface area (Å²) in [6.45, 7) is 0. The fraction of sp³-hybridized carbons (Fsp3) is 0.263. The molecule has 2 atom stereocenters. The van der Waals surface area contributed by atoms with E-state index < -0.39 is 34.0 Å². The Bertz CT molecular complexity index is 1240. The zero-order valence-electron chi connectivity index (χ0n) is 16.5. The van der Waals surface area contributed by atoms with Crippen molar-refractivity contribution in [3.05, 3.63) is 57.9 Å². The second kappa shape index (κ2) is 8.32. The topological polar surface area (TPSA) is 96.3 Å².